The number of hydrogen-bond acceptors (Lipinski definition) is 3. The molecule has 0 amide bonds. The first-order valence-corrected chi connectivity index (χ1v) is 7.90. The van der Waals surface area contributed by atoms with Crippen molar-refractivity contribution >= 4 is 26.0 Å². The molecule has 0 bridgehead atoms. The van der Waals surface area contributed by atoms with Crippen LogP contribution in [-0.4, -0.2) is 8.42 Å². The zero-order chi connectivity index (χ0) is 14.8. The van der Waals surface area contributed by atoms with Gasteiger partial charge in [-0.15, -0.1) is 0 Å². The van der Waals surface area contributed by atoms with Crippen LogP contribution in [-0.2, 0) is 16.6 Å². The van der Waals surface area contributed by atoms with Crippen LogP contribution < -0.4 is 9.88 Å². The first-order chi connectivity index (χ1) is 9.38. The van der Waals surface area contributed by atoms with Crippen molar-refractivity contribution in [3.8, 4) is 5.75 Å². The Morgan fingerprint density at radius 3 is 2.55 bits per heavy atom. The van der Waals surface area contributed by atoms with E-state index < -0.39 is 15.8 Å². The van der Waals surface area contributed by atoms with Crippen LogP contribution >= 0.6 is 15.9 Å². The number of primary sulfonamides is 1. The summed E-state index contributed by atoms with van der Waals surface area (Å²) in [5, 5.41) is 5.04. The van der Waals surface area contributed by atoms with Crippen molar-refractivity contribution in [1.82, 2.24) is 0 Å². The fraction of sp³-hybridized carbons (Fsp3) is 0.0769. The maximum absolute atomic E-state index is 13.1. The molecule has 0 atom stereocenters. The normalized spacial score (nSPS) is 11.3. The van der Waals surface area contributed by atoms with E-state index in [4.69, 9.17) is 9.88 Å². The van der Waals surface area contributed by atoms with E-state index in [2.05, 4.69) is 15.9 Å². The number of sulfonamides is 1. The number of rotatable bonds is 4. The molecule has 0 heterocycles. The Morgan fingerprint density at radius 1 is 1.20 bits per heavy atom. The molecule has 2 rings (SSSR count). The third-order valence-electron chi connectivity index (χ3n) is 2.55. The van der Waals surface area contributed by atoms with Gasteiger partial charge in [0, 0.05) is 10.0 Å². The molecule has 0 saturated heterocycles. The summed E-state index contributed by atoms with van der Waals surface area (Å²) in [6.07, 6.45) is 0. The largest absolute Gasteiger partial charge is 0.487 e. The molecule has 4 nitrogen and oxygen atoms in total. The molecule has 0 aliphatic rings. The third-order valence-corrected chi connectivity index (χ3v) is 4.26. The summed E-state index contributed by atoms with van der Waals surface area (Å²) < 4.78 is 42.2. The quantitative estimate of drug-likeness (QED) is 0.912. The Hall–Kier alpha value is -1.44. The molecule has 0 aromatic heterocycles. The van der Waals surface area contributed by atoms with E-state index >= 15 is 0 Å². The number of benzene rings is 2. The minimum Gasteiger partial charge on any atom is -0.487 e. The summed E-state index contributed by atoms with van der Waals surface area (Å²) >= 11 is 3.36. The number of halogens is 2. The van der Waals surface area contributed by atoms with Gasteiger partial charge in [0.2, 0.25) is 10.0 Å². The van der Waals surface area contributed by atoms with Gasteiger partial charge >= 0.3 is 0 Å². The first kappa shape index (κ1) is 15.0. The van der Waals surface area contributed by atoms with E-state index in [-0.39, 0.29) is 17.3 Å². The van der Waals surface area contributed by atoms with Gasteiger partial charge in [-0.2, -0.15) is 0 Å². The van der Waals surface area contributed by atoms with Gasteiger partial charge in [-0.25, -0.2) is 17.9 Å². The second kappa shape index (κ2) is 5.90. The van der Waals surface area contributed by atoms with Crippen molar-refractivity contribution in [3.63, 3.8) is 0 Å². The summed E-state index contributed by atoms with van der Waals surface area (Å²) in [6.45, 7) is 0.134. The number of ether oxygens (including phenoxy) is 1. The predicted molar refractivity (Wildman–Crippen MR) is 76.2 cm³/mol. The van der Waals surface area contributed by atoms with Crippen molar-refractivity contribution in [2.75, 3.05) is 0 Å². The van der Waals surface area contributed by atoms with Crippen molar-refractivity contribution in [2.45, 2.75) is 11.5 Å². The molecule has 0 saturated carbocycles. The fourth-order valence-corrected chi connectivity index (χ4v) is 2.68. The average Bonchev–Trinajstić information content (AvgIpc) is 2.38. The molecule has 7 heteroatoms. The molecule has 0 aliphatic carbocycles. The zero-order valence-corrected chi connectivity index (χ0v) is 12.6. The van der Waals surface area contributed by atoms with Gasteiger partial charge in [-0.05, 0) is 24.3 Å². The van der Waals surface area contributed by atoms with Crippen LogP contribution in [0.15, 0.2) is 51.8 Å². The van der Waals surface area contributed by atoms with E-state index in [0.717, 1.165) is 22.2 Å². The molecule has 2 aromatic carbocycles. The van der Waals surface area contributed by atoms with E-state index in [1.165, 1.54) is 6.07 Å². The fourth-order valence-electron chi connectivity index (χ4n) is 1.59. The smallest absolute Gasteiger partial charge is 0.241 e. The highest BCUT2D eigenvalue weighted by Crippen LogP contribution is 2.25. The Kier molecular flexibility index (Phi) is 4.42. The predicted octanol–water partition coefficient (Wildman–Crippen LogP) is 2.81. The lowest BCUT2D eigenvalue weighted by molar-refractivity contribution is 0.296. The standard InChI is InChI=1S/C13H11BrFNO3S/c14-11-4-2-1-3-9(11)8-19-12-6-5-10(15)7-13(12)20(16,17)18/h1-7H,8H2,(H2,16,17,18). The van der Waals surface area contributed by atoms with Crippen LogP contribution in [0.25, 0.3) is 0 Å². The molecule has 2 N–H and O–H groups in total. The first-order valence-electron chi connectivity index (χ1n) is 5.56. The summed E-state index contributed by atoms with van der Waals surface area (Å²) in [6, 6.07) is 10.5. The Labute approximate surface area is 124 Å². The minimum absolute atomic E-state index is 0.0182. The zero-order valence-electron chi connectivity index (χ0n) is 10.2. The van der Waals surface area contributed by atoms with Gasteiger partial charge < -0.3 is 4.74 Å². The van der Waals surface area contributed by atoms with Gasteiger partial charge in [0.1, 0.15) is 23.1 Å². The molecular weight excluding hydrogens is 349 g/mol. The molecular formula is C13H11BrFNO3S. The summed E-state index contributed by atoms with van der Waals surface area (Å²) in [5.74, 6) is -0.674. The molecule has 0 unspecified atom stereocenters. The van der Waals surface area contributed by atoms with Gasteiger partial charge in [-0.3, -0.25) is 0 Å². The lowest BCUT2D eigenvalue weighted by atomic mass is 10.2. The highest BCUT2D eigenvalue weighted by atomic mass is 79.9. The lowest BCUT2D eigenvalue weighted by Crippen LogP contribution is -2.14. The third kappa shape index (κ3) is 3.56. The van der Waals surface area contributed by atoms with Crippen LogP contribution in [0.5, 0.6) is 5.75 Å². The monoisotopic (exact) mass is 359 g/mol. The van der Waals surface area contributed by atoms with Crippen LogP contribution in [0.4, 0.5) is 4.39 Å². The molecule has 20 heavy (non-hydrogen) atoms. The van der Waals surface area contributed by atoms with Crippen molar-refractivity contribution in [1.29, 1.82) is 0 Å². The van der Waals surface area contributed by atoms with E-state index in [0.29, 0.717) is 0 Å². The van der Waals surface area contributed by atoms with Crippen molar-refractivity contribution in [3.05, 3.63) is 58.3 Å². The van der Waals surface area contributed by atoms with Gasteiger partial charge in [0.15, 0.2) is 0 Å². The molecule has 0 fully saturated rings. The van der Waals surface area contributed by atoms with E-state index in [9.17, 15) is 12.8 Å². The second-order valence-corrected chi connectivity index (χ2v) is 6.40. The Morgan fingerprint density at radius 2 is 1.90 bits per heavy atom. The van der Waals surface area contributed by atoms with Crippen molar-refractivity contribution in [2.24, 2.45) is 5.14 Å². The Bertz CT molecular complexity index is 734. The van der Waals surface area contributed by atoms with E-state index in [1.54, 1.807) is 0 Å². The Balaban J connectivity index is 2.29. The summed E-state index contributed by atoms with van der Waals surface area (Å²) in [5.41, 5.74) is 0.831. The minimum atomic E-state index is -4.05. The highest BCUT2D eigenvalue weighted by molar-refractivity contribution is 9.10. The summed E-state index contributed by atoms with van der Waals surface area (Å²) in [4.78, 5) is -0.371. The SMILES string of the molecule is NS(=O)(=O)c1cc(F)ccc1OCc1ccccc1Br. The van der Waals surface area contributed by atoms with Crippen LogP contribution in [0.2, 0.25) is 0 Å². The average molecular weight is 360 g/mol. The molecule has 2 aromatic rings. The molecule has 0 spiro atoms. The van der Waals surface area contributed by atoms with Crippen molar-refractivity contribution < 1.29 is 17.5 Å². The lowest BCUT2D eigenvalue weighted by Gasteiger charge is -2.11. The van der Waals surface area contributed by atoms with Crippen LogP contribution in [0, 0.1) is 5.82 Å². The maximum Gasteiger partial charge on any atom is 0.241 e. The van der Waals surface area contributed by atoms with Crippen LogP contribution in [0.3, 0.4) is 0 Å². The topological polar surface area (TPSA) is 69.4 Å². The number of hydrogen-bond donors (Lipinski definition) is 1. The molecule has 0 aliphatic heterocycles. The second-order valence-electron chi connectivity index (χ2n) is 4.02. The van der Waals surface area contributed by atoms with Crippen LogP contribution in [0.1, 0.15) is 5.56 Å². The molecule has 106 valence electrons. The number of nitrogens with two attached hydrogens (primary N) is 1. The maximum atomic E-state index is 13.1. The highest BCUT2D eigenvalue weighted by Gasteiger charge is 2.16. The van der Waals surface area contributed by atoms with Gasteiger partial charge in [0.25, 0.3) is 0 Å². The molecule has 0 radical (unpaired) electrons. The van der Waals surface area contributed by atoms with Gasteiger partial charge in [-0.1, -0.05) is 34.1 Å². The summed E-state index contributed by atoms with van der Waals surface area (Å²) in [7, 11) is -4.05. The van der Waals surface area contributed by atoms with E-state index in [1.807, 2.05) is 24.3 Å². The van der Waals surface area contributed by atoms with Gasteiger partial charge in [0.05, 0.1) is 0 Å².